The number of ether oxygens (including phenoxy) is 1. The lowest BCUT2D eigenvalue weighted by atomic mass is 10.2. The molecule has 0 saturated carbocycles. The van der Waals surface area contributed by atoms with Gasteiger partial charge in [0.25, 0.3) is 0 Å². The molecule has 0 saturated heterocycles. The summed E-state index contributed by atoms with van der Waals surface area (Å²) in [5.74, 6) is 1.54. The van der Waals surface area contributed by atoms with Crippen molar-refractivity contribution in [1.82, 2.24) is 9.55 Å². The van der Waals surface area contributed by atoms with Crippen LogP contribution in [0.1, 0.15) is 18.7 Å². The lowest BCUT2D eigenvalue weighted by Crippen LogP contribution is -2.13. The molecule has 26 heavy (non-hydrogen) atoms. The minimum atomic E-state index is -0.327. The van der Waals surface area contributed by atoms with Crippen LogP contribution >= 0.6 is 0 Å². The van der Waals surface area contributed by atoms with Gasteiger partial charge in [-0.3, -0.25) is 4.79 Å². The third-order valence-corrected chi connectivity index (χ3v) is 3.93. The summed E-state index contributed by atoms with van der Waals surface area (Å²) < 4.78 is 20.8. The second kappa shape index (κ2) is 8.29. The van der Waals surface area contributed by atoms with Gasteiger partial charge in [0.2, 0.25) is 5.91 Å². The minimum absolute atomic E-state index is 0.0853. The number of nitrogens with zero attached hydrogens (tertiary/aromatic N) is 2. The van der Waals surface area contributed by atoms with Gasteiger partial charge in [-0.2, -0.15) is 0 Å². The fourth-order valence-electron chi connectivity index (χ4n) is 2.55. The first-order valence-electron chi connectivity index (χ1n) is 8.42. The highest BCUT2D eigenvalue weighted by molar-refractivity contribution is 5.92. The van der Waals surface area contributed by atoms with Crippen LogP contribution in [0.4, 0.5) is 10.1 Å². The van der Waals surface area contributed by atoms with E-state index in [4.69, 9.17) is 4.74 Å². The molecule has 0 unspecified atom stereocenters. The second-order valence-electron chi connectivity index (χ2n) is 5.87. The van der Waals surface area contributed by atoms with Gasteiger partial charge < -0.3 is 14.6 Å². The van der Waals surface area contributed by atoms with E-state index in [1.165, 1.54) is 12.1 Å². The second-order valence-corrected chi connectivity index (χ2v) is 5.87. The van der Waals surface area contributed by atoms with Crippen molar-refractivity contribution in [2.24, 2.45) is 0 Å². The Kier molecular flexibility index (Phi) is 5.63. The standard InChI is InChI=1S/C20H20FN3O2/c1-15-22-12-14-24(15)13-4-7-20(25)23-18-5-2-3-6-19(18)26-17-10-8-16(21)9-11-17/h2-3,5-6,8-12,14H,4,7,13H2,1H3,(H,23,25). The first kappa shape index (κ1) is 17.7. The maximum Gasteiger partial charge on any atom is 0.224 e. The van der Waals surface area contributed by atoms with Crippen molar-refractivity contribution >= 4 is 11.6 Å². The van der Waals surface area contributed by atoms with Gasteiger partial charge in [0.15, 0.2) is 5.75 Å². The first-order chi connectivity index (χ1) is 12.6. The molecule has 0 fully saturated rings. The van der Waals surface area contributed by atoms with Crippen molar-refractivity contribution in [1.29, 1.82) is 0 Å². The van der Waals surface area contributed by atoms with Crippen LogP contribution in [0.3, 0.4) is 0 Å². The highest BCUT2D eigenvalue weighted by Crippen LogP contribution is 2.29. The molecule has 2 aromatic carbocycles. The number of imidazole rings is 1. The number of aromatic nitrogens is 2. The number of benzene rings is 2. The van der Waals surface area contributed by atoms with Crippen LogP contribution in [0.2, 0.25) is 0 Å². The van der Waals surface area contributed by atoms with E-state index in [9.17, 15) is 9.18 Å². The molecule has 1 aromatic heterocycles. The van der Waals surface area contributed by atoms with Crippen molar-refractivity contribution in [3.8, 4) is 11.5 Å². The zero-order valence-electron chi connectivity index (χ0n) is 14.5. The monoisotopic (exact) mass is 353 g/mol. The van der Waals surface area contributed by atoms with Crippen molar-refractivity contribution in [2.75, 3.05) is 5.32 Å². The van der Waals surface area contributed by atoms with E-state index in [2.05, 4.69) is 10.3 Å². The number of carbonyl (C=O) groups excluding carboxylic acids is 1. The van der Waals surface area contributed by atoms with Crippen LogP contribution in [0.5, 0.6) is 11.5 Å². The molecule has 6 heteroatoms. The van der Waals surface area contributed by atoms with E-state index in [0.29, 0.717) is 30.0 Å². The molecule has 0 radical (unpaired) electrons. The van der Waals surface area contributed by atoms with E-state index >= 15 is 0 Å². The Hall–Kier alpha value is -3.15. The van der Waals surface area contributed by atoms with Gasteiger partial charge in [0.1, 0.15) is 17.4 Å². The summed E-state index contributed by atoms with van der Waals surface area (Å²) in [5.41, 5.74) is 0.584. The fourth-order valence-corrected chi connectivity index (χ4v) is 2.55. The molecule has 0 atom stereocenters. The number of hydrogen-bond donors (Lipinski definition) is 1. The number of anilines is 1. The smallest absolute Gasteiger partial charge is 0.224 e. The number of rotatable bonds is 7. The molecule has 1 amide bonds. The number of amides is 1. The molecule has 0 aliphatic rings. The molecule has 0 spiro atoms. The number of para-hydroxylation sites is 2. The molecule has 3 aromatic rings. The minimum Gasteiger partial charge on any atom is -0.455 e. The Labute approximate surface area is 151 Å². The third-order valence-electron chi connectivity index (χ3n) is 3.93. The molecule has 1 N–H and O–H groups in total. The average molecular weight is 353 g/mol. The molecule has 134 valence electrons. The van der Waals surface area contributed by atoms with Crippen LogP contribution in [-0.4, -0.2) is 15.5 Å². The number of nitrogens with one attached hydrogen (secondary N) is 1. The average Bonchev–Trinajstić information content (AvgIpc) is 3.04. The summed E-state index contributed by atoms with van der Waals surface area (Å²) in [4.78, 5) is 16.4. The maximum atomic E-state index is 13.0. The normalized spacial score (nSPS) is 10.5. The molecule has 5 nitrogen and oxygen atoms in total. The van der Waals surface area contributed by atoms with Crippen molar-refractivity contribution in [3.63, 3.8) is 0 Å². The van der Waals surface area contributed by atoms with E-state index in [-0.39, 0.29) is 11.7 Å². The predicted octanol–water partition coefficient (Wildman–Crippen LogP) is 4.54. The van der Waals surface area contributed by atoms with E-state index < -0.39 is 0 Å². The van der Waals surface area contributed by atoms with Gasteiger partial charge in [-0.05, 0) is 49.7 Å². The molecular formula is C20H20FN3O2. The highest BCUT2D eigenvalue weighted by atomic mass is 19.1. The Balaban J connectivity index is 1.58. The Bertz CT molecular complexity index is 875. The fraction of sp³-hybridized carbons (Fsp3) is 0.200. The molecular weight excluding hydrogens is 333 g/mol. The summed E-state index contributed by atoms with van der Waals surface area (Å²) in [6.45, 7) is 2.68. The van der Waals surface area contributed by atoms with Crippen molar-refractivity contribution in [3.05, 3.63) is 72.6 Å². The van der Waals surface area contributed by atoms with Crippen molar-refractivity contribution < 1.29 is 13.9 Å². The molecule has 0 bridgehead atoms. The van der Waals surface area contributed by atoms with Crippen LogP contribution in [0, 0.1) is 12.7 Å². The summed E-state index contributed by atoms with van der Waals surface area (Å²) in [6.07, 6.45) is 4.75. The lowest BCUT2D eigenvalue weighted by Gasteiger charge is -2.12. The van der Waals surface area contributed by atoms with E-state index in [1.54, 1.807) is 30.5 Å². The molecule has 1 heterocycles. The largest absolute Gasteiger partial charge is 0.455 e. The van der Waals surface area contributed by atoms with Crippen LogP contribution < -0.4 is 10.1 Å². The summed E-state index contributed by atoms with van der Waals surface area (Å²) in [6, 6.07) is 12.9. The SMILES string of the molecule is Cc1nccn1CCCC(=O)Nc1ccccc1Oc1ccc(F)cc1. The van der Waals surface area contributed by atoms with Crippen LogP contribution in [0.15, 0.2) is 60.9 Å². The first-order valence-corrected chi connectivity index (χ1v) is 8.42. The summed E-state index contributed by atoms with van der Waals surface area (Å²) >= 11 is 0. The number of hydrogen-bond acceptors (Lipinski definition) is 3. The number of carbonyl (C=O) groups is 1. The summed E-state index contributed by atoms with van der Waals surface area (Å²) in [5, 5.41) is 2.87. The van der Waals surface area contributed by atoms with Gasteiger partial charge in [-0.15, -0.1) is 0 Å². The lowest BCUT2D eigenvalue weighted by molar-refractivity contribution is -0.116. The maximum absolute atomic E-state index is 13.0. The van der Waals surface area contributed by atoms with Gasteiger partial charge in [-0.25, -0.2) is 9.37 Å². The van der Waals surface area contributed by atoms with Crippen LogP contribution in [-0.2, 0) is 11.3 Å². The molecule has 0 aliphatic heterocycles. The topological polar surface area (TPSA) is 56.2 Å². The Morgan fingerprint density at radius 3 is 2.69 bits per heavy atom. The predicted molar refractivity (Wildman–Crippen MR) is 97.7 cm³/mol. The molecule has 0 aliphatic carbocycles. The zero-order chi connectivity index (χ0) is 18.4. The number of halogens is 1. The Morgan fingerprint density at radius 1 is 1.19 bits per heavy atom. The van der Waals surface area contributed by atoms with E-state index in [1.807, 2.05) is 29.8 Å². The van der Waals surface area contributed by atoms with Gasteiger partial charge >= 0.3 is 0 Å². The highest BCUT2D eigenvalue weighted by Gasteiger charge is 2.09. The van der Waals surface area contributed by atoms with Crippen molar-refractivity contribution in [2.45, 2.75) is 26.3 Å². The quantitative estimate of drug-likeness (QED) is 0.678. The number of aryl methyl sites for hydroxylation is 2. The van der Waals surface area contributed by atoms with Gasteiger partial charge in [0.05, 0.1) is 5.69 Å². The van der Waals surface area contributed by atoms with E-state index in [0.717, 1.165) is 12.4 Å². The van der Waals surface area contributed by atoms with Gasteiger partial charge in [0, 0.05) is 25.4 Å². The van der Waals surface area contributed by atoms with Gasteiger partial charge in [-0.1, -0.05) is 12.1 Å². The van der Waals surface area contributed by atoms with Crippen LogP contribution in [0.25, 0.3) is 0 Å². The Morgan fingerprint density at radius 2 is 1.96 bits per heavy atom. The molecule has 3 rings (SSSR count). The summed E-state index contributed by atoms with van der Waals surface area (Å²) in [7, 11) is 0. The zero-order valence-corrected chi connectivity index (χ0v) is 14.5. The third kappa shape index (κ3) is 4.69.